The van der Waals surface area contributed by atoms with E-state index in [4.69, 9.17) is 22.3 Å². The van der Waals surface area contributed by atoms with E-state index < -0.39 is 65.2 Å². The first-order valence-corrected chi connectivity index (χ1v) is 26.2. The van der Waals surface area contributed by atoms with Crippen molar-refractivity contribution in [2.24, 2.45) is 39.0 Å². The number of aromatic amines is 2. The first-order valence-electron chi connectivity index (χ1n) is 26.2. The molecule has 3 rings (SSSR count). The summed E-state index contributed by atoms with van der Waals surface area (Å²) < 4.78 is 0. The number of aromatic nitrogens is 4. The van der Waals surface area contributed by atoms with E-state index in [2.05, 4.69) is 40.6 Å². The second-order valence-electron chi connectivity index (χ2n) is 19.0. The minimum absolute atomic E-state index is 0.000932. The lowest BCUT2D eigenvalue weighted by Gasteiger charge is -2.19. The number of aliphatic carboxylic acids is 3. The summed E-state index contributed by atoms with van der Waals surface area (Å²) in [5.41, 5.74) is 18.5. The van der Waals surface area contributed by atoms with E-state index in [1.807, 2.05) is 0 Å². The third kappa shape index (κ3) is 29.8. The fraction of sp³-hybridized carbons (Fsp3) is 0.615. The molecule has 0 spiro atoms. The van der Waals surface area contributed by atoms with Crippen molar-refractivity contribution in [2.75, 3.05) is 32.7 Å². The predicted octanol–water partition coefficient (Wildman–Crippen LogP) is 1.31. The average Bonchev–Trinajstić information content (AvgIpc) is 4.14. The molecule has 0 aliphatic carbocycles. The molecule has 78 heavy (non-hydrogen) atoms. The lowest BCUT2D eigenvalue weighted by Crippen LogP contribution is -2.43. The van der Waals surface area contributed by atoms with Gasteiger partial charge in [0.1, 0.15) is 28.9 Å². The molecule has 1 aliphatic heterocycles. The number of unbranched alkanes of at least 4 members (excludes halogenated alkanes) is 2. The molecule has 0 saturated heterocycles. The van der Waals surface area contributed by atoms with Crippen LogP contribution in [0.3, 0.4) is 0 Å². The van der Waals surface area contributed by atoms with Crippen LogP contribution < -0.4 is 27.8 Å². The lowest BCUT2D eigenvalue weighted by molar-refractivity contribution is -0.144. The van der Waals surface area contributed by atoms with Crippen molar-refractivity contribution in [3.63, 3.8) is 0 Å². The van der Waals surface area contributed by atoms with Gasteiger partial charge in [0.25, 0.3) is 0 Å². The summed E-state index contributed by atoms with van der Waals surface area (Å²) in [5, 5.41) is 33.0. The van der Waals surface area contributed by atoms with E-state index in [0.29, 0.717) is 74.4 Å². The summed E-state index contributed by atoms with van der Waals surface area (Å²) in [7, 11) is 0. The Morgan fingerprint density at radius 2 is 0.897 bits per heavy atom. The third-order valence-electron chi connectivity index (χ3n) is 12.6. The van der Waals surface area contributed by atoms with Gasteiger partial charge in [-0.2, -0.15) is 0 Å². The number of hydrogen-bond donors (Lipinski definition) is 10. The van der Waals surface area contributed by atoms with Gasteiger partial charge in [0.05, 0.1) is 62.6 Å². The smallest absolute Gasteiger partial charge is 0.309 e. The van der Waals surface area contributed by atoms with Crippen LogP contribution in [0.4, 0.5) is 0 Å². The Hall–Kier alpha value is -7.32. The van der Waals surface area contributed by atoms with Crippen LogP contribution in [0.25, 0.3) is 0 Å². The molecule has 0 saturated carbocycles. The second kappa shape index (κ2) is 38.3. The number of carboxylic acid groups (broad SMARTS) is 3. The highest BCUT2D eigenvalue weighted by molar-refractivity contribution is 6.04. The quantitative estimate of drug-likeness (QED) is 0.0418. The van der Waals surface area contributed by atoms with Crippen LogP contribution in [0.1, 0.15) is 146 Å². The average molecular weight is 1100 g/mol. The summed E-state index contributed by atoms with van der Waals surface area (Å²) in [6.07, 6.45) is 8.49. The number of imidazole rings is 2. The fourth-order valence-electron chi connectivity index (χ4n) is 7.90. The number of carbonyl (C=O) groups excluding carboxylic acids is 9. The van der Waals surface area contributed by atoms with E-state index in [9.17, 15) is 67.7 Å². The molecule has 1 aliphatic rings. The molecule has 26 nitrogen and oxygen atoms in total. The summed E-state index contributed by atoms with van der Waals surface area (Å²) in [5.74, 6) is -7.96. The molecule has 26 heteroatoms. The predicted molar refractivity (Wildman–Crippen MR) is 282 cm³/mol. The zero-order valence-electron chi connectivity index (χ0n) is 44.2. The van der Waals surface area contributed by atoms with E-state index in [-0.39, 0.29) is 158 Å². The summed E-state index contributed by atoms with van der Waals surface area (Å²) in [6.45, 7) is 1.20. The van der Waals surface area contributed by atoms with Crippen LogP contribution in [0.5, 0.6) is 0 Å². The van der Waals surface area contributed by atoms with Gasteiger partial charge in [-0.05, 0) is 45.2 Å². The Morgan fingerprint density at radius 1 is 0.513 bits per heavy atom. The number of nitrogens with one attached hydrogen (secondary N) is 4. The lowest BCUT2D eigenvalue weighted by atomic mass is 9.92. The largest absolute Gasteiger partial charge is 0.481 e. The number of aliphatic imine (C=N–C) groups is 2. The maximum atomic E-state index is 13.0. The van der Waals surface area contributed by atoms with Crippen molar-refractivity contribution in [1.82, 2.24) is 30.6 Å². The van der Waals surface area contributed by atoms with Crippen LogP contribution in [-0.2, 0) is 70.4 Å². The first-order chi connectivity index (χ1) is 37.2. The Morgan fingerprint density at radius 3 is 1.24 bits per heavy atom. The van der Waals surface area contributed by atoms with Crippen LogP contribution in [0.15, 0.2) is 35.0 Å². The number of carboxylic acids is 3. The zero-order chi connectivity index (χ0) is 57.8. The number of rotatable bonds is 43. The number of hydrogen-bond acceptors (Lipinski definition) is 19. The van der Waals surface area contributed by atoms with E-state index >= 15 is 0 Å². The Bertz CT molecular complexity index is 2370. The molecule has 430 valence electrons. The molecule has 4 unspecified atom stereocenters. The Labute approximate surface area is 451 Å². The molecular weight excluding hydrogens is 1020 g/mol. The van der Waals surface area contributed by atoms with Gasteiger partial charge in [0.2, 0.25) is 11.8 Å². The van der Waals surface area contributed by atoms with Gasteiger partial charge in [-0.15, -0.1) is 0 Å². The number of H-pyrrole nitrogens is 2. The molecule has 0 fully saturated rings. The van der Waals surface area contributed by atoms with E-state index in [0.717, 1.165) is 0 Å². The van der Waals surface area contributed by atoms with Gasteiger partial charge >= 0.3 is 17.9 Å². The van der Waals surface area contributed by atoms with Crippen LogP contribution >= 0.6 is 0 Å². The van der Waals surface area contributed by atoms with Gasteiger partial charge in [-0.1, -0.05) is 12.8 Å². The number of nitrogens with two attached hydrogens (primary N) is 3. The topological polar surface area (TPSA) is 450 Å². The van der Waals surface area contributed by atoms with Crippen LogP contribution in [0.2, 0.25) is 0 Å². The number of nitrogens with zero attached hydrogens (tertiary/aromatic N) is 4. The van der Waals surface area contributed by atoms with Crippen LogP contribution in [-0.4, -0.2) is 162 Å². The van der Waals surface area contributed by atoms with Gasteiger partial charge in [-0.3, -0.25) is 67.5 Å². The fourth-order valence-corrected chi connectivity index (χ4v) is 7.90. The van der Waals surface area contributed by atoms with Crippen molar-refractivity contribution in [3.05, 3.63) is 36.4 Å². The minimum atomic E-state index is -1.10. The number of ketones is 7. The number of carbonyl (C=O) groups is 12. The maximum Gasteiger partial charge on any atom is 0.309 e. The Kier molecular flexibility index (Phi) is 32.8. The molecule has 2 amide bonds. The Balaban J connectivity index is 0.000000570. The summed E-state index contributed by atoms with van der Waals surface area (Å²) in [4.78, 5) is 167. The third-order valence-corrected chi connectivity index (χ3v) is 12.6. The van der Waals surface area contributed by atoms with Crippen molar-refractivity contribution in [2.45, 2.75) is 160 Å². The molecular formula is C52H77N11O15. The highest BCUT2D eigenvalue weighted by Crippen LogP contribution is 2.18. The van der Waals surface area contributed by atoms with Crippen molar-refractivity contribution in [3.8, 4) is 0 Å². The van der Waals surface area contributed by atoms with Crippen molar-refractivity contribution < 1.29 is 72.9 Å². The van der Waals surface area contributed by atoms with E-state index in [1.54, 1.807) is 0 Å². The molecule has 0 radical (unpaired) electrons. The van der Waals surface area contributed by atoms with Gasteiger partial charge < -0.3 is 53.1 Å². The number of amides is 2. The van der Waals surface area contributed by atoms with Crippen molar-refractivity contribution in [1.29, 1.82) is 0 Å². The molecule has 3 heterocycles. The molecule has 0 aromatic carbocycles. The summed E-state index contributed by atoms with van der Waals surface area (Å²) in [6, 6.07) is -1.96. The van der Waals surface area contributed by atoms with Gasteiger partial charge in [-0.25, -0.2) is 9.97 Å². The maximum absolute atomic E-state index is 13.0. The number of Topliss-reactive ketones (excluding diaryl/α,β-unsaturated/α-hetero) is 7. The standard InChI is InChI=1S/C31H44N6O9.C21H33N5O6/c32-12-2-1-3-20(31(45)46)13-28(41)27(14-22-16-33-19-36-22)37-29(42)11-10-26(40)9-8-25(39)7-6-24(38)5-4-21-17-35-23(18-34-21)15-30(43)44;22-8-2-1-3-14(21(31)32)9-19(29)18(10-15-12-24-13-25-15)26-20(30)7-6-16(27)4-5-17(28)11-23/h16,19-20,27H,1-15,17-18,32H2,(H,33,36)(H,37,42)(H,43,44)(H,45,46);12-14,18H,1-11,22-23H2,(H,24,25)(H,26,30)(H,31,32). The van der Waals surface area contributed by atoms with Crippen LogP contribution in [0, 0.1) is 11.8 Å². The van der Waals surface area contributed by atoms with Gasteiger partial charge in [0, 0.05) is 132 Å². The van der Waals surface area contributed by atoms with Crippen molar-refractivity contribution >= 4 is 81.6 Å². The second-order valence-corrected chi connectivity index (χ2v) is 19.0. The highest BCUT2D eigenvalue weighted by atomic mass is 16.4. The highest BCUT2D eigenvalue weighted by Gasteiger charge is 2.30. The molecule has 2 aromatic rings. The summed E-state index contributed by atoms with van der Waals surface area (Å²) >= 11 is 0. The zero-order valence-corrected chi connectivity index (χ0v) is 44.2. The monoisotopic (exact) mass is 1100 g/mol. The molecule has 4 atom stereocenters. The normalized spacial score (nSPS) is 13.5. The van der Waals surface area contributed by atoms with E-state index in [1.165, 1.54) is 25.0 Å². The first kappa shape index (κ1) is 66.8. The van der Waals surface area contributed by atoms with Gasteiger partial charge in [0.15, 0.2) is 11.6 Å². The SMILES string of the molecule is NCCCCC(CC(=O)C(Cc1cnc[nH]1)NC(=O)CCC(=O)CCC(=O)CCC(=O)CCC1=NCC(CC(=O)O)=NC1)C(=O)O.NCCCCC(CC(=O)C(Cc1cnc[nH]1)NC(=O)CCC(=O)CCC(=O)CN)C(=O)O. The minimum Gasteiger partial charge on any atom is -0.481 e. The molecule has 13 N–H and O–H groups in total. The molecule has 2 aromatic heterocycles. The molecule has 0 bridgehead atoms.